The van der Waals surface area contributed by atoms with E-state index in [0.717, 1.165) is 12.1 Å². The van der Waals surface area contributed by atoms with E-state index in [1.165, 1.54) is 29.0 Å². The first-order valence-corrected chi connectivity index (χ1v) is 9.11. The third-order valence-electron chi connectivity index (χ3n) is 4.24. The van der Waals surface area contributed by atoms with Crippen molar-refractivity contribution >= 4 is 34.6 Å². The second kappa shape index (κ2) is 8.34. The lowest BCUT2D eigenvalue weighted by Gasteiger charge is -2.10. The number of rotatable bonds is 4. The van der Waals surface area contributed by atoms with Crippen LogP contribution in [0.3, 0.4) is 0 Å². The summed E-state index contributed by atoms with van der Waals surface area (Å²) < 4.78 is 39.6. The molecule has 0 saturated heterocycles. The first kappa shape index (κ1) is 20.8. The zero-order valence-corrected chi connectivity index (χ0v) is 16.1. The van der Waals surface area contributed by atoms with E-state index in [-0.39, 0.29) is 5.82 Å². The lowest BCUT2D eigenvalue weighted by Crippen LogP contribution is -2.21. The van der Waals surface area contributed by atoms with Gasteiger partial charge in [-0.15, -0.1) is 0 Å². The van der Waals surface area contributed by atoms with E-state index in [1.807, 2.05) is 0 Å². The maximum atomic E-state index is 12.7. The van der Waals surface area contributed by atoms with Gasteiger partial charge >= 0.3 is 12.2 Å². The molecule has 0 aliphatic rings. The minimum Gasteiger partial charge on any atom is -0.321 e. The monoisotopic (exact) mass is 441 g/mol. The number of aromatic nitrogens is 4. The van der Waals surface area contributed by atoms with E-state index < -0.39 is 23.8 Å². The molecule has 3 aromatic heterocycles. The van der Waals surface area contributed by atoms with Gasteiger partial charge in [0, 0.05) is 11.4 Å². The number of carbonyl (C=O) groups is 2. The van der Waals surface area contributed by atoms with Crippen LogP contribution in [0.2, 0.25) is 0 Å². The van der Waals surface area contributed by atoms with E-state index in [1.54, 1.807) is 30.5 Å². The van der Waals surface area contributed by atoms with Crippen molar-refractivity contribution in [2.24, 2.45) is 0 Å². The number of halogens is 3. The number of nitrogens with zero attached hydrogens (tertiary/aromatic N) is 4. The van der Waals surface area contributed by atoms with E-state index in [2.05, 4.69) is 31.0 Å². The van der Waals surface area contributed by atoms with Gasteiger partial charge in [-0.05, 0) is 48.5 Å². The predicted octanol–water partition coefficient (Wildman–Crippen LogP) is 4.04. The number of benzene rings is 1. The fourth-order valence-electron chi connectivity index (χ4n) is 2.81. The van der Waals surface area contributed by atoms with Crippen LogP contribution in [0.4, 0.5) is 35.2 Å². The highest BCUT2D eigenvalue weighted by atomic mass is 19.4. The molecule has 0 aliphatic heterocycles. The summed E-state index contributed by atoms with van der Waals surface area (Å²) in [4.78, 5) is 31.8. The Labute approximate surface area is 178 Å². The molecule has 0 aliphatic carbocycles. The van der Waals surface area contributed by atoms with Gasteiger partial charge in [0.25, 0.3) is 5.91 Å². The molecule has 0 radical (unpaired) electrons. The summed E-state index contributed by atoms with van der Waals surface area (Å²) in [5, 5.41) is 11.5. The van der Waals surface area contributed by atoms with Gasteiger partial charge in [0.1, 0.15) is 23.5 Å². The van der Waals surface area contributed by atoms with Crippen molar-refractivity contribution in [2.75, 3.05) is 16.0 Å². The van der Waals surface area contributed by atoms with Crippen molar-refractivity contribution in [1.29, 1.82) is 0 Å². The largest absolute Gasteiger partial charge is 0.433 e. The fourth-order valence-corrected chi connectivity index (χ4v) is 2.81. The zero-order chi connectivity index (χ0) is 22.7. The molecule has 4 rings (SSSR count). The standard InChI is InChI=1S/C20H14F3N7O2/c21-20(22,23)16-2-1-3-17(28-16)29-19(32)27-13-6-4-12(5-7-13)26-18(31)15-9-8-14-10-24-11-25-30(14)15/h1-11H,(H,26,31)(H2,27,28,29,32). The number of nitrogens with one attached hydrogen (secondary N) is 3. The average molecular weight is 441 g/mol. The minimum absolute atomic E-state index is 0.246. The molecule has 3 N–H and O–H groups in total. The van der Waals surface area contributed by atoms with E-state index >= 15 is 0 Å². The van der Waals surface area contributed by atoms with E-state index in [4.69, 9.17) is 0 Å². The Bertz CT molecular complexity index is 1290. The first-order valence-electron chi connectivity index (χ1n) is 9.11. The number of hydrogen-bond donors (Lipinski definition) is 3. The molecule has 0 fully saturated rings. The smallest absolute Gasteiger partial charge is 0.321 e. The molecule has 12 heteroatoms. The maximum Gasteiger partial charge on any atom is 0.433 e. The van der Waals surface area contributed by atoms with Crippen molar-refractivity contribution in [3.05, 3.63) is 78.5 Å². The first-order chi connectivity index (χ1) is 15.3. The maximum absolute atomic E-state index is 12.7. The van der Waals surface area contributed by atoms with Crippen LogP contribution in [0.25, 0.3) is 5.52 Å². The molecule has 0 atom stereocenters. The summed E-state index contributed by atoms with van der Waals surface area (Å²) in [5.41, 5.74) is 0.687. The number of carbonyl (C=O) groups excluding carboxylic acids is 2. The van der Waals surface area contributed by atoms with Crippen LogP contribution in [0, 0.1) is 0 Å². The lowest BCUT2D eigenvalue weighted by molar-refractivity contribution is -0.141. The second-order valence-corrected chi connectivity index (χ2v) is 6.48. The van der Waals surface area contributed by atoms with Crippen molar-refractivity contribution < 1.29 is 22.8 Å². The number of alkyl halides is 3. The molecule has 32 heavy (non-hydrogen) atoms. The number of pyridine rings is 1. The average Bonchev–Trinajstić information content (AvgIpc) is 3.19. The third-order valence-corrected chi connectivity index (χ3v) is 4.24. The van der Waals surface area contributed by atoms with Crippen LogP contribution in [-0.4, -0.2) is 31.5 Å². The third kappa shape index (κ3) is 4.64. The Morgan fingerprint density at radius 3 is 2.31 bits per heavy atom. The molecule has 0 saturated carbocycles. The molecule has 9 nitrogen and oxygen atoms in total. The van der Waals surface area contributed by atoms with Crippen molar-refractivity contribution in [1.82, 2.24) is 19.6 Å². The Balaban J connectivity index is 1.37. The predicted molar refractivity (Wildman–Crippen MR) is 109 cm³/mol. The summed E-state index contributed by atoms with van der Waals surface area (Å²) in [6.45, 7) is 0. The Morgan fingerprint density at radius 1 is 0.875 bits per heavy atom. The number of fused-ring (bicyclic) bond motifs is 1. The summed E-state index contributed by atoms with van der Waals surface area (Å²) in [6.07, 6.45) is -1.72. The molecule has 1 aromatic carbocycles. The van der Waals surface area contributed by atoms with Crippen LogP contribution < -0.4 is 16.0 Å². The van der Waals surface area contributed by atoms with Crippen LogP contribution in [0.5, 0.6) is 0 Å². The highest BCUT2D eigenvalue weighted by Crippen LogP contribution is 2.28. The Morgan fingerprint density at radius 2 is 1.59 bits per heavy atom. The van der Waals surface area contributed by atoms with Gasteiger partial charge in [0.15, 0.2) is 0 Å². The number of anilines is 3. The molecular formula is C20H14F3N7O2. The van der Waals surface area contributed by atoms with Crippen molar-refractivity contribution in [3.63, 3.8) is 0 Å². The van der Waals surface area contributed by atoms with Gasteiger partial charge in [-0.3, -0.25) is 10.1 Å². The van der Waals surface area contributed by atoms with Gasteiger partial charge in [-0.25, -0.2) is 19.3 Å². The van der Waals surface area contributed by atoms with Crippen LogP contribution in [0.15, 0.2) is 67.1 Å². The van der Waals surface area contributed by atoms with Crippen LogP contribution in [-0.2, 0) is 6.18 Å². The zero-order valence-electron chi connectivity index (χ0n) is 16.1. The normalized spacial score (nSPS) is 11.2. The molecule has 0 unspecified atom stereocenters. The molecule has 3 heterocycles. The quantitative estimate of drug-likeness (QED) is 0.442. The topological polar surface area (TPSA) is 113 Å². The highest BCUT2D eigenvalue weighted by molar-refractivity contribution is 6.04. The summed E-state index contributed by atoms with van der Waals surface area (Å²) >= 11 is 0. The number of hydrogen-bond acceptors (Lipinski definition) is 5. The molecule has 4 aromatic rings. The highest BCUT2D eigenvalue weighted by Gasteiger charge is 2.32. The molecular weight excluding hydrogens is 427 g/mol. The lowest BCUT2D eigenvalue weighted by atomic mass is 10.2. The van der Waals surface area contributed by atoms with Gasteiger partial charge in [0.05, 0.1) is 11.7 Å². The minimum atomic E-state index is -4.62. The van der Waals surface area contributed by atoms with Gasteiger partial charge in [-0.1, -0.05) is 6.07 Å². The second-order valence-electron chi connectivity index (χ2n) is 6.48. The summed E-state index contributed by atoms with van der Waals surface area (Å²) in [5.74, 6) is -0.637. The molecule has 3 amide bonds. The number of urea groups is 1. The fraction of sp³-hybridized carbons (Fsp3) is 0.0500. The van der Waals surface area contributed by atoms with Crippen molar-refractivity contribution in [3.8, 4) is 0 Å². The Hall–Kier alpha value is -4.48. The van der Waals surface area contributed by atoms with Crippen LogP contribution in [0.1, 0.15) is 16.2 Å². The van der Waals surface area contributed by atoms with Gasteiger partial charge in [-0.2, -0.15) is 18.3 Å². The van der Waals surface area contributed by atoms with E-state index in [9.17, 15) is 22.8 Å². The van der Waals surface area contributed by atoms with E-state index in [0.29, 0.717) is 22.6 Å². The Kier molecular flexibility index (Phi) is 5.41. The SMILES string of the molecule is O=C(Nc1ccc(NC(=O)c2ccc3cncnn23)cc1)Nc1cccc(C(F)(F)F)n1. The van der Waals surface area contributed by atoms with Gasteiger partial charge < -0.3 is 10.6 Å². The molecule has 162 valence electrons. The summed E-state index contributed by atoms with van der Waals surface area (Å²) in [6, 6.07) is 11.9. The van der Waals surface area contributed by atoms with Gasteiger partial charge in [0.2, 0.25) is 0 Å². The number of amides is 3. The molecule has 0 spiro atoms. The molecule has 0 bridgehead atoms. The van der Waals surface area contributed by atoms with Crippen molar-refractivity contribution in [2.45, 2.75) is 6.18 Å². The van der Waals surface area contributed by atoms with Crippen LogP contribution >= 0.6 is 0 Å². The summed E-state index contributed by atoms with van der Waals surface area (Å²) in [7, 11) is 0.